The lowest BCUT2D eigenvalue weighted by atomic mass is 9.88. The summed E-state index contributed by atoms with van der Waals surface area (Å²) in [4.78, 5) is 0. The highest BCUT2D eigenvalue weighted by atomic mass is 35.7. The number of halogens is 1. The summed E-state index contributed by atoms with van der Waals surface area (Å²) >= 11 is 7.55. The van der Waals surface area contributed by atoms with E-state index in [2.05, 4.69) is 51.6 Å². The molecule has 0 aliphatic carbocycles. The largest absolute Gasteiger partial charge is 0.0985 e. The van der Waals surface area contributed by atoms with Gasteiger partial charge in [0.15, 0.2) is 0 Å². The molecule has 35 heavy (non-hydrogen) atoms. The van der Waals surface area contributed by atoms with Crippen LogP contribution >= 0.6 is 18.5 Å². The third kappa shape index (κ3) is 14.3. The van der Waals surface area contributed by atoms with Gasteiger partial charge in [-0.1, -0.05) is 185 Å². The third-order valence-electron chi connectivity index (χ3n) is 7.76. The van der Waals surface area contributed by atoms with Gasteiger partial charge >= 0.3 is 0 Å². The van der Waals surface area contributed by atoms with Crippen LogP contribution in [0.15, 0.2) is 30.8 Å². The SMILES string of the molecule is C=Cc1ccc(P(Cl)C(CCCCCCCC)(CCCCCCCC)CCCCCCCC)cc1. The molecule has 0 saturated heterocycles. The van der Waals surface area contributed by atoms with Crippen molar-refractivity contribution in [2.45, 2.75) is 161 Å². The van der Waals surface area contributed by atoms with E-state index in [1.807, 2.05) is 6.08 Å². The predicted molar refractivity (Wildman–Crippen MR) is 166 cm³/mol. The van der Waals surface area contributed by atoms with E-state index in [0.29, 0.717) is 5.16 Å². The van der Waals surface area contributed by atoms with Crippen LogP contribution in [0.1, 0.15) is 161 Å². The Morgan fingerprint density at radius 2 is 0.943 bits per heavy atom. The number of benzene rings is 1. The molecule has 0 amide bonds. The smallest absolute Gasteiger partial charge is 0.0276 e. The van der Waals surface area contributed by atoms with E-state index in [4.69, 9.17) is 11.2 Å². The first kappa shape index (κ1) is 32.7. The summed E-state index contributed by atoms with van der Waals surface area (Å²) in [5.74, 6) is 0. The minimum atomic E-state index is -0.686. The second-order valence-electron chi connectivity index (χ2n) is 10.9. The summed E-state index contributed by atoms with van der Waals surface area (Å²) < 4.78 is 0. The number of hydrogen-bond donors (Lipinski definition) is 0. The zero-order chi connectivity index (χ0) is 25.6. The number of unbranched alkanes of at least 4 members (excludes halogenated alkanes) is 15. The van der Waals surface area contributed by atoms with Crippen LogP contribution in [-0.2, 0) is 0 Å². The molecule has 0 bridgehead atoms. The molecular formula is C33H58ClP. The van der Waals surface area contributed by atoms with Gasteiger partial charge in [0.1, 0.15) is 0 Å². The average molecular weight is 521 g/mol. The van der Waals surface area contributed by atoms with Crippen molar-refractivity contribution in [1.29, 1.82) is 0 Å². The van der Waals surface area contributed by atoms with Crippen molar-refractivity contribution >= 4 is 29.9 Å². The molecule has 1 rings (SSSR count). The Morgan fingerprint density at radius 3 is 1.29 bits per heavy atom. The molecule has 0 aliphatic rings. The lowest BCUT2D eigenvalue weighted by molar-refractivity contribution is 0.399. The quantitative estimate of drug-likeness (QED) is 0.0938. The van der Waals surface area contributed by atoms with Gasteiger partial charge in [0.25, 0.3) is 0 Å². The Labute approximate surface area is 226 Å². The van der Waals surface area contributed by atoms with Crippen molar-refractivity contribution < 1.29 is 0 Å². The Hall–Kier alpha value is -0.320. The summed E-state index contributed by atoms with van der Waals surface area (Å²) in [7, 11) is -0.686. The van der Waals surface area contributed by atoms with Gasteiger partial charge in [0.05, 0.1) is 0 Å². The van der Waals surface area contributed by atoms with Crippen molar-refractivity contribution in [3.63, 3.8) is 0 Å². The third-order valence-corrected chi connectivity index (χ3v) is 11.7. The van der Waals surface area contributed by atoms with Gasteiger partial charge in [-0.25, -0.2) is 0 Å². The van der Waals surface area contributed by atoms with Crippen LogP contribution < -0.4 is 5.30 Å². The molecule has 0 N–H and O–H groups in total. The molecule has 1 aromatic carbocycles. The normalized spacial score (nSPS) is 12.7. The summed E-state index contributed by atoms with van der Waals surface area (Å²) in [6.45, 7) is 10.9. The fraction of sp³-hybridized carbons (Fsp3) is 0.758. The molecule has 0 aliphatic heterocycles. The molecule has 0 aromatic heterocycles. The molecule has 2 heteroatoms. The molecule has 0 nitrogen and oxygen atoms in total. The van der Waals surface area contributed by atoms with Gasteiger partial charge in [0, 0.05) is 12.4 Å². The lowest BCUT2D eigenvalue weighted by Crippen LogP contribution is -2.29. The van der Waals surface area contributed by atoms with Crippen LogP contribution in [0, 0.1) is 0 Å². The standard InChI is InChI=1S/C33H58ClP/c1-5-9-12-15-18-21-28-33(29-22-19-16-13-10-6-2,30-23-20-17-14-11-7-3)35(34)32-26-24-31(8-4)25-27-32/h8,24-27H,4-7,9-23,28-30H2,1-3H3. The Balaban J connectivity index is 2.93. The molecule has 0 heterocycles. The highest BCUT2D eigenvalue weighted by molar-refractivity contribution is 7.91. The second-order valence-corrected chi connectivity index (χ2v) is 13.9. The van der Waals surface area contributed by atoms with Crippen LogP contribution in [0.4, 0.5) is 0 Å². The first-order chi connectivity index (χ1) is 17.1. The van der Waals surface area contributed by atoms with Crippen LogP contribution in [-0.4, -0.2) is 5.16 Å². The fourth-order valence-corrected chi connectivity index (χ4v) is 8.51. The first-order valence-electron chi connectivity index (χ1n) is 15.3. The molecule has 202 valence electrons. The van der Waals surface area contributed by atoms with E-state index in [0.717, 1.165) is 0 Å². The molecule has 0 saturated carbocycles. The van der Waals surface area contributed by atoms with Gasteiger partial charge in [-0.2, -0.15) is 0 Å². The maximum absolute atomic E-state index is 7.55. The molecule has 0 spiro atoms. The van der Waals surface area contributed by atoms with E-state index in [1.54, 1.807) is 0 Å². The molecule has 0 radical (unpaired) electrons. The maximum Gasteiger partial charge on any atom is 0.0276 e. The predicted octanol–water partition coefficient (Wildman–Crippen LogP) is 12.6. The molecule has 0 fully saturated rings. The van der Waals surface area contributed by atoms with Crippen molar-refractivity contribution in [3.05, 3.63) is 36.4 Å². The number of hydrogen-bond acceptors (Lipinski definition) is 0. The summed E-state index contributed by atoms with van der Waals surface area (Å²) in [5.41, 5.74) is 1.20. The monoisotopic (exact) mass is 520 g/mol. The van der Waals surface area contributed by atoms with Crippen molar-refractivity contribution in [2.24, 2.45) is 0 Å². The minimum Gasteiger partial charge on any atom is -0.0985 e. The average Bonchev–Trinajstić information content (AvgIpc) is 2.89. The van der Waals surface area contributed by atoms with E-state index >= 15 is 0 Å². The van der Waals surface area contributed by atoms with E-state index < -0.39 is 7.27 Å². The zero-order valence-electron chi connectivity index (χ0n) is 23.8. The second kappa shape index (κ2) is 21.7. The Bertz CT molecular complexity index is 567. The summed E-state index contributed by atoms with van der Waals surface area (Å²) in [5, 5.41) is 1.68. The topological polar surface area (TPSA) is 0 Å². The first-order valence-corrected chi connectivity index (χ1v) is 17.6. The number of rotatable bonds is 24. The van der Waals surface area contributed by atoms with Gasteiger partial charge in [0.2, 0.25) is 0 Å². The van der Waals surface area contributed by atoms with Gasteiger partial charge in [-0.3, -0.25) is 0 Å². The van der Waals surface area contributed by atoms with E-state index in [1.165, 1.54) is 146 Å². The van der Waals surface area contributed by atoms with Crippen molar-refractivity contribution in [3.8, 4) is 0 Å². The summed E-state index contributed by atoms with van der Waals surface area (Å²) in [6.07, 6.45) is 30.6. The van der Waals surface area contributed by atoms with Crippen LogP contribution in [0.25, 0.3) is 6.08 Å². The van der Waals surface area contributed by atoms with E-state index in [9.17, 15) is 0 Å². The highest BCUT2D eigenvalue weighted by Crippen LogP contribution is 2.60. The van der Waals surface area contributed by atoms with Crippen LogP contribution in [0.5, 0.6) is 0 Å². The summed E-state index contributed by atoms with van der Waals surface area (Å²) in [6, 6.07) is 9.03. The minimum absolute atomic E-state index is 0.298. The lowest BCUT2D eigenvalue weighted by Gasteiger charge is -2.39. The molecule has 1 aromatic rings. The van der Waals surface area contributed by atoms with Gasteiger partial charge < -0.3 is 0 Å². The van der Waals surface area contributed by atoms with Gasteiger partial charge in [-0.15, -0.1) is 0 Å². The maximum atomic E-state index is 7.55. The van der Waals surface area contributed by atoms with Crippen molar-refractivity contribution in [1.82, 2.24) is 0 Å². The van der Waals surface area contributed by atoms with Crippen molar-refractivity contribution in [2.75, 3.05) is 0 Å². The van der Waals surface area contributed by atoms with E-state index in [-0.39, 0.29) is 0 Å². The highest BCUT2D eigenvalue weighted by Gasteiger charge is 2.37. The van der Waals surface area contributed by atoms with Crippen LogP contribution in [0.3, 0.4) is 0 Å². The zero-order valence-corrected chi connectivity index (χ0v) is 25.4. The Morgan fingerprint density at radius 1 is 0.600 bits per heavy atom. The Kier molecular flexibility index (Phi) is 20.3. The molecule has 1 unspecified atom stereocenters. The van der Waals surface area contributed by atoms with Gasteiger partial charge in [-0.05, 0) is 30.1 Å². The van der Waals surface area contributed by atoms with Crippen LogP contribution in [0.2, 0.25) is 0 Å². The fourth-order valence-electron chi connectivity index (χ4n) is 5.39. The molecule has 1 atom stereocenters. The molecular weight excluding hydrogens is 463 g/mol.